The summed E-state index contributed by atoms with van der Waals surface area (Å²) in [5, 5.41) is 13.2. The van der Waals surface area contributed by atoms with Crippen LogP contribution in [0.4, 0.5) is 10.7 Å². The summed E-state index contributed by atoms with van der Waals surface area (Å²) in [5.41, 5.74) is 6.30. The molecule has 0 aromatic carbocycles. The number of nitrogen functional groups attached to an aromatic ring is 1. The zero-order chi connectivity index (χ0) is 12.3. The molecule has 1 unspecified atom stereocenters. The standard InChI is InChI=1S/C12H18N4S/c1-2-16-4-3-9(8-16)7-15-12-5-10(14)11(6-13)17-12/h5,9,15H,2-4,7-8,14H2,1H3. The second-order valence-corrected chi connectivity index (χ2v) is 5.49. The van der Waals surface area contributed by atoms with Crippen molar-refractivity contribution in [3.63, 3.8) is 0 Å². The fourth-order valence-corrected chi connectivity index (χ4v) is 2.97. The van der Waals surface area contributed by atoms with Gasteiger partial charge in [-0.05, 0) is 31.5 Å². The molecule has 2 heterocycles. The first kappa shape index (κ1) is 12.2. The SMILES string of the molecule is CCN1CCC(CNc2cc(N)c(C#N)s2)C1. The Morgan fingerprint density at radius 3 is 3.12 bits per heavy atom. The number of thiophene rings is 1. The molecule has 0 spiro atoms. The van der Waals surface area contributed by atoms with Gasteiger partial charge in [0, 0.05) is 13.1 Å². The van der Waals surface area contributed by atoms with Crippen LogP contribution in [0.2, 0.25) is 0 Å². The molecule has 0 aliphatic carbocycles. The molecule has 1 atom stereocenters. The Bertz CT molecular complexity index is 421. The average molecular weight is 250 g/mol. The Hall–Kier alpha value is -1.25. The van der Waals surface area contributed by atoms with Crippen LogP contribution in [-0.4, -0.2) is 31.1 Å². The molecule has 0 amide bonds. The lowest BCUT2D eigenvalue weighted by Crippen LogP contribution is -2.22. The van der Waals surface area contributed by atoms with Crippen molar-refractivity contribution in [2.24, 2.45) is 5.92 Å². The van der Waals surface area contributed by atoms with Crippen molar-refractivity contribution in [2.45, 2.75) is 13.3 Å². The average Bonchev–Trinajstić information content (AvgIpc) is 2.92. The van der Waals surface area contributed by atoms with Gasteiger partial charge in [-0.15, -0.1) is 11.3 Å². The van der Waals surface area contributed by atoms with Crippen LogP contribution in [0.1, 0.15) is 18.2 Å². The number of nitriles is 1. The molecule has 1 fully saturated rings. The first-order valence-electron chi connectivity index (χ1n) is 5.98. The second kappa shape index (κ2) is 5.39. The molecule has 0 saturated carbocycles. The van der Waals surface area contributed by atoms with Crippen molar-refractivity contribution < 1.29 is 0 Å². The van der Waals surface area contributed by atoms with Crippen LogP contribution < -0.4 is 11.1 Å². The van der Waals surface area contributed by atoms with Gasteiger partial charge in [0.05, 0.1) is 10.7 Å². The van der Waals surface area contributed by atoms with Crippen molar-refractivity contribution in [3.8, 4) is 6.07 Å². The van der Waals surface area contributed by atoms with Gasteiger partial charge in [0.25, 0.3) is 0 Å². The maximum Gasteiger partial charge on any atom is 0.129 e. The van der Waals surface area contributed by atoms with Crippen molar-refractivity contribution in [1.29, 1.82) is 5.26 Å². The van der Waals surface area contributed by atoms with Gasteiger partial charge in [-0.3, -0.25) is 0 Å². The minimum Gasteiger partial charge on any atom is -0.397 e. The Balaban J connectivity index is 1.84. The highest BCUT2D eigenvalue weighted by atomic mass is 32.1. The number of anilines is 2. The molecule has 4 nitrogen and oxygen atoms in total. The number of nitrogens with zero attached hydrogens (tertiary/aromatic N) is 2. The third-order valence-corrected chi connectivity index (χ3v) is 4.26. The van der Waals surface area contributed by atoms with E-state index in [-0.39, 0.29) is 0 Å². The molecule has 0 radical (unpaired) electrons. The van der Waals surface area contributed by atoms with Gasteiger partial charge in [0.1, 0.15) is 10.9 Å². The molecule has 1 aromatic rings. The van der Waals surface area contributed by atoms with E-state index >= 15 is 0 Å². The lowest BCUT2D eigenvalue weighted by atomic mass is 10.1. The Morgan fingerprint density at radius 1 is 1.71 bits per heavy atom. The van der Waals surface area contributed by atoms with Crippen LogP contribution in [0.5, 0.6) is 0 Å². The van der Waals surface area contributed by atoms with Crippen molar-refractivity contribution in [1.82, 2.24) is 4.90 Å². The molecule has 5 heteroatoms. The van der Waals surface area contributed by atoms with E-state index in [2.05, 4.69) is 23.2 Å². The molecule has 1 aromatic heterocycles. The number of hydrogen-bond acceptors (Lipinski definition) is 5. The summed E-state index contributed by atoms with van der Waals surface area (Å²) < 4.78 is 0. The Morgan fingerprint density at radius 2 is 2.53 bits per heavy atom. The predicted octanol–water partition coefficient (Wildman–Crippen LogP) is 1.96. The van der Waals surface area contributed by atoms with E-state index < -0.39 is 0 Å². The highest BCUT2D eigenvalue weighted by molar-refractivity contribution is 7.17. The maximum atomic E-state index is 8.82. The minimum atomic E-state index is 0.585. The normalized spacial score (nSPS) is 20.4. The summed E-state index contributed by atoms with van der Waals surface area (Å²) >= 11 is 1.44. The highest BCUT2D eigenvalue weighted by Gasteiger charge is 2.20. The van der Waals surface area contributed by atoms with Crippen LogP contribution in [0, 0.1) is 17.2 Å². The van der Waals surface area contributed by atoms with Gasteiger partial charge in [0.15, 0.2) is 0 Å². The quantitative estimate of drug-likeness (QED) is 0.857. The van der Waals surface area contributed by atoms with E-state index in [4.69, 9.17) is 11.0 Å². The zero-order valence-electron chi connectivity index (χ0n) is 10.1. The zero-order valence-corrected chi connectivity index (χ0v) is 10.9. The van der Waals surface area contributed by atoms with Crippen LogP contribution >= 0.6 is 11.3 Å². The molecular formula is C12H18N4S. The summed E-state index contributed by atoms with van der Waals surface area (Å²) in [6.07, 6.45) is 1.26. The molecule has 3 N–H and O–H groups in total. The van der Waals surface area contributed by atoms with Crippen molar-refractivity contribution in [3.05, 3.63) is 10.9 Å². The lowest BCUT2D eigenvalue weighted by molar-refractivity contribution is 0.345. The number of nitrogens with one attached hydrogen (secondary N) is 1. The summed E-state index contributed by atoms with van der Waals surface area (Å²) in [6.45, 7) is 6.70. The summed E-state index contributed by atoms with van der Waals surface area (Å²) in [5.74, 6) is 0.712. The van der Waals surface area contributed by atoms with E-state index in [0.29, 0.717) is 16.5 Å². The summed E-state index contributed by atoms with van der Waals surface area (Å²) in [7, 11) is 0. The fourth-order valence-electron chi connectivity index (χ4n) is 2.19. The molecule has 17 heavy (non-hydrogen) atoms. The topological polar surface area (TPSA) is 65.1 Å². The number of likely N-dealkylation sites (tertiary alicyclic amines) is 1. The first-order chi connectivity index (χ1) is 8.22. The summed E-state index contributed by atoms with van der Waals surface area (Å²) in [6, 6.07) is 3.96. The molecule has 1 aliphatic rings. The van der Waals surface area contributed by atoms with Crippen molar-refractivity contribution in [2.75, 3.05) is 37.2 Å². The van der Waals surface area contributed by atoms with Gasteiger partial charge in [-0.25, -0.2) is 0 Å². The molecular weight excluding hydrogens is 232 g/mol. The van der Waals surface area contributed by atoms with Gasteiger partial charge in [-0.2, -0.15) is 5.26 Å². The van der Waals surface area contributed by atoms with Gasteiger partial charge in [0.2, 0.25) is 0 Å². The monoisotopic (exact) mass is 250 g/mol. The van der Waals surface area contributed by atoms with Crippen LogP contribution in [-0.2, 0) is 0 Å². The van der Waals surface area contributed by atoms with E-state index in [0.717, 1.165) is 18.1 Å². The fraction of sp³-hybridized carbons (Fsp3) is 0.583. The number of hydrogen-bond donors (Lipinski definition) is 2. The Labute approximate surface area is 106 Å². The van der Waals surface area contributed by atoms with Crippen LogP contribution in [0.15, 0.2) is 6.07 Å². The molecule has 92 valence electrons. The van der Waals surface area contributed by atoms with Gasteiger partial charge < -0.3 is 16.0 Å². The number of nitrogens with two attached hydrogens (primary N) is 1. The van der Waals surface area contributed by atoms with E-state index in [1.54, 1.807) is 0 Å². The Kier molecular flexibility index (Phi) is 3.87. The third kappa shape index (κ3) is 2.90. The smallest absolute Gasteiger partial charge is 0.129 e. The van der Waals surface area contributed by atoms with Crippen LogP contribution in [0.3, 0.4) is 0 Å². The van der Waals surface area contributed by atoms with Crippen molar-refractivity contribution >= 4 is 22.0 Å². The molecule has 0 bridgehead atoms. The molecule has 1 saturated heterocycles. The molecule has 1 aliphatic heterocycles. The number of rotatable bonds is 4. The lowest BCUT2D eigenvalue weighted by Gasteiger charge is -2.13. The largest absolute Gasteiger partial charge is 0.397 e. The highest BCUT2D eigenvalue weighted by Crippen LogP contribution is 2.28. The minimum absolute atomic E-state index is 0.585. The first-order valence-corrected chi connectivity index (χ1v) is 6.80. The third-order valence-electron chi connectivity index (χ3n) is 3.24. The van der Waals surface area contributed by atoms with E-state index in [1.165, 1.54) is 30.8 Å². The van der Waals surface area contributed by atoms with Gasteiger partial charge >= 0.3 is 0 Å². The summed E-state index contributed by atoms with van der Waals surface area (Å²) in [4.78, 5) is 3.07. The molecule has 2 rings (SSSR count). The maximum absolute atomic E-state index is 8.82. The van der Waals surface area contributed by atoms with E-state index in [9.17, 15) is 0 Å². The second-order valence-electron chi connectivity index (χ2n) is 4.44. The predicted molar refractivity (Wildman–Crippen MR) is 72.2 cm³/mol. The van der Waals surface area contributed by atoms with Crippen LogP contribution in [0.25, 0.3) is 0 Å². The van der Waals surface area contributed by atoms with E-state index in [1.807, 2.05) is 6.07 Å². The van der Waals surface area contributed by atoms with Gasteiger partial charge in [-0.1, -0.05) is 6.92 Å².